The van der Waals surface area contributed by atoms with Crippen LogP contribution in [0.3, 0.4) is 0 Å². The Morgan fingerprint density at radius 2 is 2.19 bits per heavy atom. The third-order valence-corrected chi connectivity index (χ3v) is 3.12. The smallest absolute Gasteiger partial charge is 0.109 e. The molecule has 0 unspecified atom stereocenters. The topological polar surface area (TPSA) is 21.1 Å². The van der Waals surface area contributed by atoms with Crippen LogP contribution in [0.15, 0.2) is 12.4 Å². The SMILES string of the molecule is CC(C)N(CCCCl)CCc1nccn1C. The van der Waals surface area contributed by atoms with Gasteiger partial charge in [0.15, 0.2) is 0 Å². The lowest BCUT2D eigenvalue weighted by Gasteiger charge is -2.25. The molecule has 1 aromatic rings. The van der Waals surface area contributed by atoms with Gasteiger partial charge in [-0.3, -0.25) is 0 Å². The molecule has 0 N–H and O–H groups in total. The second kappa shape index (κ2) is 6.92. The highest BCUT2D eigenvalue weighted by Gasteiger charge is 2.10. The van der Waals surface area contributed by atoms with Gasteiger partial charge in [0.05, 0.1) is 0 Å². The van der Waals surface area contributed by atoms with Gasteiger partial charge in [0.2, 0.25) is 0 Å². The fourth-order valence-corrected chi connectivity index (χ4v) is 1.89. The van der Waals surface area contributed by atoms with Crippen LogP contribution < -0.4 is 0 Å². The van der Waals surface area contributed by atoms with E-state index < -0.39 is 0 Å². The van der Waals surface area contributed by atoms with Crippen LogP contribution in [-0.4, -0.2) is 39.5 Å². The zero-order valence-electron chi connectivity index (χ0n) is 10.5. The molecule has 0 aromatic carbocycles. The summed E-state index contributed by atoms with van der Waals surface area (Å²) < 4.78 is 2.08. The van der Waals surface area contributed by atoms with Crippen LogP contribution in [0.25, 0.3) is 0 Å². The average Bonchev–Trinajstić information content (AvgIpc) is 2.64. The third-order valence-electron chi connectivity index (χ3n) is 2.85. The van der Waals surface area contributed by atoms with Gasteiger partial charge in [0.1, 0.15) is 5.82 Å². The van der Waals surface area contributed by atoms with E-state index in [2.05, 4.69) is 28.3 Å². The van der Waals surface area contributed by atoms with E-state index in [1.54, 1.807) is 0 Å². The Morgan fingerprint density at radius 3 is 2.69 bits per heavy atom. The first-order valence-corrected chi connectivity index (χ1v) is 6.44. The molecule has 0 saturated carbocycles. The Bertz CT molecular complexity index is 296. The highest BCUT2D eigenvalue weighted by molar-refractivity contribution is 6.17. The van der Waals surface area contributed by atoms with Gasteiger partial charge in [-0.05, 0) is 26.8 Å². The van der Waals surface area contributed by atoms with Crippen LogP contribution in [0.4, 0.5) is 0 Å². The van der Waals surface area contributed by atoms with E-state index in [1.807, 2.05) is 19.4 Å². The van der Waals surface area contributed by atoms with Crippen molar-refractivity contribution >= 4 is 11.6 Å². The van der Waals surface area contributed by atoms with Crippen LogP contribution in [0.2, 0.25) is 0 Å². The van der Waals surface area contributed by atoms with E-state index in [4.69, 9.17) is 11.6 Å². The van der Waals surface area contributed by atoms with Gasteiger partial charge in [0, 0.05) is 44.3 Å². The van der Waals surface area contributed by atoms with Crippen LogP contribution in [0, 0.1) is 0 Å². The molecule has 0 fully saturated rings. The minimum absolute atomic E-state index is 0.573. The molecule has 0 bridgehead atoms. The molecule has 0 aliphatic rings. The van der Waals surface area contributed by atoms with Crippen molar-refractivity contribution in [2.45, 2.75) is 32.7 Å². The Labute approximate surface area is 103 Å². The van der Waals surface area contributed by atoms with Crippen molar-refractivity contribution in [2.24, 2.45) is 7.05 Å². The van der Waals surface area contributed by atoms with E-state index in [9.17, 15) is 0 Å². The summed E-state index contributed by atoms with van der Waals surface area (Å²) in [4.78, 5) is 6.79. The van der Waals surface area contributed by atoms with Gasteiger partial charge in [-0.2, -0.15) is 0 Å². The number of nitrogens with zero attached hydrogens (tertiary/aromatic N) is 3. The number of alkyl halides is 1. The summed E-state index contributed by atoms with van der Waals surface area (Å²) >= 11 is 5.73. The van der Waals surface area contributed by atoms with E-state index in [-0.39, 0.29) is 0 Å². The van der Waals surface area contributed by atoms with Gasteiger partial charge in [-0.15, -0.1) is 11.6 Å². The highest BCUT2D eigenvalue weighted by Crippen LogP contribution is 2.04. The molecule has 0 aliphatic carbocycles. The first-order valence-electron chi connectivity index (χ1n) is 5.91. The van der Waals surface area contributed by atoms with Gasteiger partial charge in [0.25, 0.3) is 0 Å². The second-order valence-corrected chi connectivity index (χ2v) is 4.75. The van der Waals surface area contributed by atoms with Crippen LogP contribution >= 0.6 is 11.6 Å². The van der Waals surface area contributed by atoms with Crippen molar-refractivity contribution in [1.29, 1.82) is 0 Å². The fourth-order valence-electron chi connectivity index (χ4n) is 1.77. The van der Waals surface area contributed by atoms with Crippen LogP contribution in [0.1, 0.15) is 26.1 Å². The Balaban J connectivity index is 2.40. The molecular weight excluding hydrogens is 222 g/mol. The Hall–Kier alpha value is -0.540. The zero-order chi connectivity index (χ0) is 12.0. The maximum absolute atomic E-state index is 5.73. The summed E-state index contributed by atoms with van der Waals surface area (Å²) in [6.45, 7) is 6.59. The van der Waals surface area contributed by atoms with Gasteiger partial charge < -0.3 is 9.47 Å². The van der Waals surface area contributed by atoms with Crippen LogP contribution in [-0.2, 0) is 13.5 Å². The van der Waals surface area contributed by atoms with Gasteiger partial charge in [-0.25, -0.2) is 4.98 Å². The Kier molecular flexibility index (Phi) is 5.85. The third kappa shape index (κ3) is 4.14. The van der Waals surface area contributed by atoms with Gasteiger partial charge >= 0.3 is 0 Å². The monoisotopic (exact) mass is 243 g/mol. The van der Waals surface area contributed by atoms with Crippen molar-refractivity contribution < 1.29 is 0 Å². The first kappa shape index (κ1) is 13.5. The number of halogens is 1. The number of imidazole rings is 1. The van der Waals surface area contributed by atoms with E-state index in [0.717, 1.165) is 37.6 Å². The van der Waals surface area contributed by atoms with Crippen molar-refractivity contribution in [3.8, 4) is 0 Å². The molecule has 4 heteroatoms. The molecule has 1 heterocycles. The molecule has 16 heavy (non-hydrogen) atoms. The fraction of sp³-hybridized carbons (Fsp3) is 0.750. The normalized spacial score (nSPS) is 11.6. The van der Waals surface area contributed by atoms with E-state index in [1.165, 1.54) is 0 Å². The molecule has 0 aliphatic heterocycles. The summed E-state index contributed by atoms with van der Waals surface area (Å²) in [7, 11) is 2.04. The second-order valence-electron chi connectivity index (χ2n) is 4.38. The number of hydrogen-bond donors (Lipinski definition) is 0. The molecule has 0 saturated heterocycles. The van der Waals surface area contributed by atoms with Crippen molar-refractivity contribution in [1.82, 2.24) is 14.5 Å². The molecule has 0 spiro atoms. The highest BCUT2D eigenvalue weighted by atomic mass is 35.5. The first-order chi connectivity index (χ1) is 7.65. The van der Waals surface area contributed by atoms with Crippen molar-refractivity contribution in [2.75, 3.05) is 19.0 Å². The van der Waals surface area contributed by atoms with E-state index in [0.29, 0.717) is 6.04 Å². The molecule has 0 radical (unpaired) electrons. The molecule has 1 aromatic heterocycles. The minimum Gasteiger partial charge on any atom is -0.338 e. The minimum atomic E-state index is 0.573. The lowest BCUT2D eigenvalue weighted by atomic mass is 10.2. The standard InChI is InChI=1S/C12H22ClN3/c1-11(2)16(8-4-6-13)9-5-12-14-7-10-15(12)3/h7,10-11H,4-6,8-9H2,1-3H3. The summed E-state index contributed by atoms with van der Waals surface area (Å²) in [6, 6.07) is 0.573. The molecule has 0 amide bonds. The average molecular weight is 244 g/mol. The lowest BCUT2D eigenvalue weighted by Crippen LogP contribution is -2.34. The van der Waals surface area contributed by atoms with Crippen molar-refractivity contribution in [3.05, 3.63) is 18.2 Å². The number of rotatable bonds is 7. The summed E-state index contributed by atoms with van der Waals surface area (Å²) in [6.07, 6.45) is 5.91. The zero-order valence-corrected chi connectivity index (χ0v) is 11.2. The quantitative estimate of drug-likeness (QED) is 0.686. The number of aromatic nitrogens is 2. The summed E-state index contributed by atoms with van der Waals surface area (Å²) in [5, 5.41) is 0. The summed E-state index contributed by atoms with van der Waals surface area (Å²) in [5.74, 6) is 1.89. The molecule has 0 atom stereocenters. The molecular formula is C12H22ClN3. The molecule has 3 nitrogen and oxygen atoms in total. The number of aryl methyl sites for hydroxylation is 1. The molecule has 92 valence electrons. The van der Waals surface area contributed by atoms with Crippen LogP contribution in [0.5, 0.6) is 0 Å². The molecule has 1 rings (SSSR count). The summed E-state index contributed by atoms with van der Waals surface area (Å²) in [5.41, 5.74) is 0. The van der Waals surface area contributed by atoms with E-state index >= 15 is 0 Å². The number of hydrogen-bond acceptors (Lipinski definition) is 2. The van der Waals surface area contributed by atoms with Crippen molar-refractivity contribution in [3.63, 3.8) is 0 Å². The lowest BCUT2D eigenvalue weighted by molar-refractivity contribution is 0.223. The maximum atomic E-state index is 5.73. The predicted octanol–water partition coefficient (Wildman–Crippen LogP) is 2.30. The van der Waals surface area contributed by atoms with Gasteiger partial charge in [-0.1, -0.05) is 0 Å². The predicted molar refractivity (Wildman–Crippen MR) is 69.0 cm³/mol. The maximum Gasteiger partial charge on any atom is 0.109 e. The Morgan fingerprint density at radius 1 is 1.44 bits per heavy atom. The largest absolute Gasteiger partial charge is 0.338 e.